The number of ether oxygens (including phenoxy) is 1. The maximum Gasteiger partial charge on any atom is 0.244 e. The molecular weight excluding hydrogens is 514 g/mol. The fourth-order valence-electron chi connectivity index (χ4n) is 4.52. The largest absolute Gasteiger partial charge is 0.497 e. The van der Waals surface area contributed by atoms with Crippen molar-refractivity contribution in [1.82, 2.24) is 10.2 Å². The number of nitrogens with one attached hydrogen (secondary N) is 1. The number of aryl methyl sites for hydroxylation is 2. The predicted molar refractivity (Wildman–Crippen MR) is 154 cm³/mol. The molecule has 3 aromatic rings. The number of rotatable bonds is 12. The number of carbonyl (C=O) groups is 2. The first-order chi connectivity index (χ1) is 18.5. The first-order valence-corrected chi connectivity index (χ1v) is 14.7. The van der Waals surface area contributed by atoms with Crippen LogP contribution in [-0.2, 0) is 32.6 Å². The number of amides is 2. The topological polar surface area (TPSA) is 96.0 Å². The Bertz CT molecular complexity index is 1370. The highest BCUT2D eigenvalue weighted by atomic mass is 32.2. The Morgan fingerprint density at radius 1 is 0.923 bits per heavy atom. The smallest absolute Gasteiger partial charge is 0.244 e. The van der Waals surface area contributed by atoms with Crippen LogP contribution in [0.2, 0.25) is 0 Å². The van der Waals surface area contributed by atoms with E-state index in [1.807, 2.05) is 69.3 Å². The Morgan fingerprint density at radius 2 is 1.56 bits per heavy atom. The zero-order valence-corrected chi connectivity index (χ0v) is 24.0. The average Bonchev–Trinajstić information content (AvgIpc) is 2.88. The van der Waals surface area contributed by atoms with Crippen molar-refractivity contribution < 1.29 is 22.7 Å². The summed E-state index contributed by atoms with van der Waals surface area (Å²) in [6.07, 6.45) is 1.35. The van der Waals surface area contributed by atoms with Crippen molar-refractivity contribution in [3.05, 3.63) is 95.1 Å². The number of methoxy groups -OCH3 is 1. The second-order valence-electron chi connectivity index (χ2n) is 9.59. The minimum absolute atomic E-state index is 0.0924. The number of sulfonamides is 1. The summed E-state index contributed by atoms with van der Waals surface area (Å²) in [7, 11) is -2.26. The van der Waals surface area contributed by atoms with Crippen molar-refractivity contribution in [2.45, 2.75) is 39.8 Å². The van der Waals surface area contributed by atoms with Crippen molar-refractivity contribution in [1.29, 1.82) is 0 Å². The molecule has 0 aliphatic rings. The second-order valence-corrected chi connectivity index (χ2v) is 11.5. The van der Waals surface area contributed by atoms with E-state index in [2.05, 4.69) is 5.32 Å². The summed E-state index contributed by atoms with van der Waals surface area (Å²) in [5.74, 6) is -0.185. The quantitative estimate of drug-likeness (QED) is 0.369. The minimum Gasteiger partial charge on any atom is -0.497 e. The van der Waals surface area contributed by atoms with Gasteiger partial charge < -0.3 is 15.0 Å². The molecule has 208 valence electrons. The maximum absolute atomic E-state index is 14.1. The van der Waals surface area contributed by atoms with Gasteiger partial charge in [0.15, 0.2) is 0 Å². The lowest BCUT2D eigenvalue weighted by Gasteiger charge is -2.33. The molecule has 0 bridgehead atoms. The SMILES string of the molecule is CCNC(=O)[C@@H](Cc1ccccc1)N(Cc1cccc(OC)c1)C(=O)CN(c1cc(C)cc(C)c1)S(C)(=O)=O. The maximum atomic E-state index is 14.1. The minimum atomic E-state index is -3.81. The van der Waals surface area contributed by atoms with Crippen LogP contribution in [-0.4, -0.2) is 57.6 Å². The number of nitrogens with zero attached hydrogens (tertiary/aromatic N) is 2. The van der Waals surface area contributed by atoms with Crippen LogP contribution in [0.5, 0.6) is 5.75 Å². The Kier molecular flexibility index (Phi) is 10.1. The van der Waals surface area contributed by atoms with E-state index >= 15 is 0 Å². The number of anilines is 1. The highest BCUT2D eigenvalue weighted by molar-refractivity contribution is 7.92. The molecular formula is C30H37N3O5S. The summed E-state index contributed by atoms with van der Waals surface area (Å²) in [5, 5.41) is 2.85. The van der Waals surface area contributed by atoms with E-state index in [1.165, 1.54) is 4.90 Å². The molecule has 39 heavy (non-hydrogen) atoms. The number of likely N-dealkylation sites (N-methyl/N-ethyl adjacent to an activating group) is 1. The van der Waals surface area contributed by atoms with E-state index < -0.39 is 28.5 Å². The molecule has 3 rings (SSSR count). The fourth-order valence-corrected chi connectivity index (χ4v) is 5.36. The molecule has 8 nitrogen and oxygen atoms in total. The van der Waals surface area contributed by atoms with Crippen molar-refractivity contribution in [2.75, 3.05) is 30.8 Å². The molecule has 0 aliphatic carbocycles. The standard InChI is InChI=1S/C30H37N3O5S/c1-6-31-30(35)28(19-24-11-8-7-9-12-24)32(20-25-13-10-14-27(18-25)38-4)29(34)21-33(39(5,36)37)26-16-22(2)15-23(3)17-26/h7-18,28H,6,19-21H2,1-5H3,(H,31,35)/t28-/m1/s1. The van der Waals surface area contributed by atoms with Gasteiger partial charge in [-0.2, -0.15) is 0 Å². The molecule has 0 aliphatic heterocycles. The van der Waals surface area contributed by atoms with Gasteiger partial charge in [-0.05, 0) is 67.3 Å². The van der Waals surface area contributed by atoms with Gasteiger partial charge in [0, 0.05) is 19.5 Å². The molecule has 3 aromatic carbocycles. The van der Waals surface area contributed by atoms with Crippen LogP contribution < -0.4 is 14.4 Å². The lowest BCUT2D eigenvalue weighted by atomic mass is 10.0. The third kappa shape index (κ3) is 8.32. The molecule has 0 spiro atoms. The van der Waals surface area contributed by atoms with Gasteiger partial charge in [0.2, 0.25) is 21.8 Å². The highest BCUT2D eigenvalue weighted by Crippen LogP contribution is 2.23. The van der Waals surface area contributed by atoms with Crippen LogP contribution in [0.25, 0.3) is 0 Å². The number of hydrogen-bond donors (Lipinski definition) is 1. The Labute approximate surface area is 231 Å². The number of carbonyl (C=O) groups excluding carboxylic acids is 2. The van der Waals surface area contributed by atoms with Crippen LogP contribution >= 0.6 is 0 Å². The molecule has 0 fully saturated rings. The normalized spacial score (nSPS) is 11.9. The van der Waals surface area contributed by atoms with Gasteiger partial charge in [-0.1, -0.05) is 48.5 Å². The van der Waals surface area contributed by atoms with Gasteiger partial charge in [0.1, 0.15) is 18.3 Å². The van der Waals surface area contributed by atoms with E-state index in [0.29, 0.717) is 18.0 Å². The van der Waals surface area contributed by atoms with Gasteiger partial charge >= 0.3 is 0 Å². The molecule has 0 aromatic heterocycles. The van der Waals surface area contributed by atoms with Gasteiger partial charge in [0.05, 0.1) is 19.1 Å². The van der Waals surface area contributed by atoms with Crippen molar-refractivity contribution in [3.63, 3.8) is 0 Å². The molecule has 1 atom stereocenters. The summed E-state index contributed by atoms with van der Waals surface area (Å²) in [5.41, 5.74) is 3.79. The monoisotopic (exact) mass is 551 g/mol. The van der Waals surface area contributed by atoms with E-state index in [1.54, 1.807) is 31.4 Å². The lowest BCUT2D eigenvalue weighted by molar-refractivity contribution is -0.140. The van der Waals surface area contributed by atoms with E-state index in [4.69, 9.17) is 4.74 Å². The Morgan fingerprint density at radius 3 is 2.15 bits per heavy atom. The molecule has 0 unspecified atom stereocenters. The molecule has 0 radical (unpaired) electrons. The van der Waals surface area contributed by atoms with Crippen LogP contribution in [0.1, 0.15) is 29.2 Å². The van der Waals surface area contributed by atoms with Crippen LogP contribution in [0.4, 0.5) is 5.69 Å². The number of hydrogen-bond acceptors (Lipinski definition) is 5. The van der Waals surface area contributed by atoms with Crippen LogP contribution in [0, 0.1) is 13.8 Å². The van der Waals surface area contributed by atoms with Crippen LogP contribution in [0.15, 0.2) is 72.8 Å². The molecule has 1 N–H and O–H groups in total. The third-order valence-electron chi connectivity index (χ3n) is 6.28. The van der Waals surface area contributed by atoms with Gasteiger partial charge in [-0.25, -0.2) is 8.42 Å². The van der Waals surface area contributed by atoms with Crippen LogP contribution in [0.3, 0.4) is 0 Å². The summed E-state index contributed by atoms with van der Waals surface area (Å²) >= 11 is 0. The molecule has 0 saturated heterocycles. The van der Waals surface area contributed by atoms with Gasteiger partial charge in [0.25, 0.3) is 0 Å². The summed E-state index contributed by atoms with van der Waals surface area (Å²) < 4.78 is 32.3. The molecule has 0 heterocycles. The van der Waals surface area contributed by atoms with Crippen molar-refractivity contribution in [2.24, 2.45) is 0 Å². The van der Waals surface area contributed by atoms with Gasteiger partial charge in [-0.3, -0.25) is 13.9 Å². The van der Waals surface area contributed by atoms with Crippen molar-refractivity contribution in [3.8, 4) is 5.75 Å². The molecule has 0 saturated carbocycles. The first kappa shape index (κ1) is 29.7. The average molecular weight is 552 g/mol. The zero-order valence-electron chi connectivity index (χ0n) is 23.2. The van der Waals surface area contributed by atoms with Crippen molar-refractivity contribution >= 4 is 27.5 Å². The van der Waals surface area contributed by atoms with E-state index in [0.717, 1.165) is 32.8 Å². The Hall–Kier alpha value is -3.85. The summed E-state index contributed by atoms with van der Waals surface area (Å²) in [6.45, 7) is 5.60. The Balaban J connectivity index is 2.07. The van der Waals surface area contributed by atoms with E-state index in [-0.39, 0.29) is 18.9 Å². The fraction of sp³-hybridized carbons (Fsp3) is 0.333. The highest BCUT2D eigenvalue weighted by Gasteiger charge is 2.33. The zero-order chi connectivity index (χ0) is 28.6. The predicted octanol–water partition coefficient (Wildman–Crippen LogP) is 3.85. The molecule has 9 heteroatoms. The van der Waals surface area contributed by atoms with Gasteiger partial charge in [-0.15, -0.1) is 0 Å². The number of benzene rings is 3. The molecule has 2 amide bonds. The second kappa shape index (κ2) is 13.3. The first-order valence-electron chi connectivity index (χ1n) is 12.8. The summed E-state index contributed by atoms with van der Waals surface area (Å²) in [6, 6.07) is 21.2. The lowest BCUT2D eigenvalue weighted by Crippen LogP contribution is -2.53. The summed E-state index contributed by atoms with van der Waals surface area (Å²) in [4.78, 5) is 28.9. The third-order valence-corrected chi connectivity index (χ3v) is 7.42. The van der Waals surface area contributed by atoms with E-state index in [9.17, 15) is 18.0 Å².